The van der Waals surface area contributed by atoms with E-state index in [2.05, 4.69) is 25.9 Å². The number of hydrogen-bond donors (Lipinski definition) is 1. The lowest BCUT2D eigenvalue weighted by molar-refractivity contribution is 0.279. The molecule has 0 aliphatic heterocycles. The minimum absolute atomic E-state index is 0.0101. The standard InChI is InChI=1S/C13H13BrN2O/c1-2-12-10(8-17)7-15-13(16-12)9-3-5-11(14)6-4-9/h3-7,17H,2,8H2,1H3. The van der Waals surface area contributed by atoms with Crippen LogP contribution in [0.25, 0.3) is 11.4 Å². The van der Waals surface area contributed by atoms with Gasteiger partial charge in [0, 0.05) is 27.5 Å². The molecule has 0 atom stereocenters. The summed E-state index contributed by atoms with van der Waals surface area (Å²) in [5.74, 6) is 0.701. The van der Waals surface area contributed by atoms with E-state index in [1.807, 2.05) is 31.2 Å². The Morgan fingerprint density at radius 3 is 2.53 bits per heavy atom. The first-order chi connectivity index (χ1) is 8.24. The molecule has 1 aromatic heterocycles. The van der Waals surface area contributed by atoms with Crippen LogP contribution in [0.4, 0.5) is 0 Å². The maximum absolute atomic E-state index is 9.16. The van der Waals surface area contributed by atoms with Crippen molar-refractivity contribution in [3.05, 3.63) is 46.2 Å². The van der Waals surface area contributed by atoms with Gasteiger partial charge in [0.1, 0.15) is 0 Å². The van der Waals surface area contributed by atoms with E-state index in [9.17, 15) is 0 Å². The Morgan fingerprint density at radius 2 is 1.94 bits per heavy atom. The molecule has 0 bridgehead atoms. The first-order valence-corrected chi connectivity index (χ1v) is 6.25. The molecule has 0 amide bonds. The van der Waals surface area contributed by atoms with Crippen LogP contribution in [0.2, 0.25) is 0 Å². The minimum Gasteiger partial charge on any atom is -0.392 e. The molecule has 17 heavy (non-hydrogen) atoms. The predicted molar refractivity (Wildman–Crippen MR) is 70.5 cm³/mol. The monoisotopic (exact) mass is 292 g/mol. The molecule has 1 aromatic carbocycles. The first-order valence-electron chi connectivity index (χ1n) is 5.46. The third kappa shape index (κ3) is 2.70. The summed E-state index contributed by atoms with van der Waals surface area (Å²) in [7, 11) is 0. The summed E-state index contributed by atoms with van der Waals surface area (Å²) in [6.45, 7) is 2.01. The Morgan fingerprint density at radius 1 is 1.24 bits per heavy atom. The maximum atomic E-state index is 9.16. The topological polar surface area (TPSA) is 46.0 Å². The highest BCUT2D eigenvalue weighted by atomic mass is 79.9. The number of aliphatic hydroxyl groups is 1. The number of aliphatic hydroxyl groups excluding tert-OH is 1. The van der Waals surface area contributed by atoms with Crippen molar-refractivity contribution in [1.29, 1.82) is 0 Å². The van der Waals surface area contributed by atoms with E-state index in [1.54, 1.807) is 6.20 Å². The largest absolute Gasteiger partial charge is 0.392 e. The van der Waals surface area contributed by atoms with Crippen LogP contribution in [0.3, 0.4) is 0 Å². The van der Waals surface area contributed by atoms with E-state index in [4.69, 9.17) is 5.11 Å². The molecule has 0 aliphatic rings. The molecule has 3 nitrogen and oxygen atoms in total. The normalized spacial score (nSPS) is 10.5. The first kappa shape index (κ1) is 12.2. The van der Waals surface area contributed by atoms with Crippen LogP contribution < -0.4 is 0 Å². The van der Waals surface area contributed by atoms with Crippen LogP contribution >= 0.6 is 15.9 Å². The quantitative estimate of drug-likeness (QED) is 0.946. The van der Waals surface area contributed by atoms with Gasteiger partial charge in [0.05, 0.1) is 6.61 Å². The zero-order chi connectivity index (χ0) is 12.3. The van der Waals surface area contributed by atoms with Crippen molar-refractivity contribution in [3.8, 4) is 11.4 Å². The van der Waals surface area contributed by atoms with Gasteiger partial charge in [-0.2, -0.15) is 0 Å². The lowest BCUT2D eigenvalue weighted by atomic mass is 10.1. The molecular weight excluding hydrogens is 280 g/mol. The smallest absolute Gasteiger partial charge is 0.159 e. The van der Waals surface area contributed by atoms with Gasteiger partial charge >= 0.3 is 0 Å². The van der Waals surface area contributed by atoms with Gasteiger partial charge in [-0.25, -0.2) is 9.97 Å². The van der Waals surface area contributed by atoms with Crippen LogP contribution in [0.5, 0.6) is 0 Å². The molecule has 0 saturated heterocycles. The van der Waals surface area contributed by atoms with Crippen molar-refractivity contribution in [2.75, 3.05) is 0 Å². The minimum atomic E-state index is -0.0101. The average Bonchev–Trinajstić information content (AvgIpc) is 2.39. The van der Waals surface area contributed by atoms with Crippen LogP contribution in [0.15, 0.2) is 34.9 Å². The van der Waals surface area contributed by atoms with Gasteiger partial charge in [0.25, 0.3) is 0 Å². The van der Waals surface area contributed by atoms with E-state index in [-0.39, 0.29) is 6.61 Å². The average molecular weight is 293 g/mol. The summed E-state index contributed by atoms with van der Waals surface area (Å²) in [4.78, 5) is 8.75. The van der Waals surface area contributed by atoms with Gasteiger partial charge in [-0.05, 0) is 18.6 Å². The van der Waals surface area contributed by atoms with E-state index in [1.165, 1.54) is 0 Å². The molecular formula is C13H13BrN2O. The van der Waals surface area contributed by atoms with Crippen molar-refractivity contribution in [2.45, 2.75) is 20.0 Å². The Kier molecular flexibility index (Phi) is 3.86. The summed E-state index contributed by atoms with van der Waals surface area (Å²) in [5, 5.41) is 9.16. The highest BCUT2D eigenvalue weighted by Gasteiger charge is 2.06. The van der Waals surface area contributed by atoms with Gasteiger partial charge in [-0.1, -0.05) is 35.0 Å². The van der Waals surface area contributed by atoms with Crippen molar-refractivity contribution >= 4 is 15.9 Å². The third-order valence-electron chi connectivity index (χ3n) is 2.56. The molecule has 2 rings (SSSR count). The second-order valence-corrected chi connectivity index (χ2v) is 4.60. The van der Waals surface area contributed by atoms with Crippen molar-refractivity contribution in [3.63, 3.8) is 0 Å². The fourth-order valence-electron chi connectivity index (χ4n) is 1.62. The second-order valence-electron chi connectivity index (χ2n) is 3.68. The maximum Gasteiger partial charge on any atom is 0.159 e. The van der Waals surface area contributed by atoms with E-state index < -0.39 is 0 Å². The zero-order valence-corrected chi connectivity index (χ0v) is 11.1. The fraction of sp³-hybridized carbons (Fsp3) is 0.231. The lowest BCUT2D eigenvalue weighted by Crippen LogP contribution is -2.00. The molecule has 1 N–H and O–H groups in total. The SMILES string of the molecule is CCc1nc(-c2ccc(Br)cc2)ncc1CO. The fourth-order valence-corrected chi connectivity index (χ4v) is 1.88. The van der Waals surface area contributed by atoms with Gasteiger partial charge in [-0.15, -0.1) is 0 Å². The molecule has 0 aliphatic carbocycles. The molecule has 4 heteroatoms. The molecule has 0 fully saturated rings. The van der Waals surface area contributed by atoms with Gasteiger partial charge in [0.2, 0.25) is 0 Å². The molecule has 0 saturated carbocycles. The number of hydrogen-bond acceptors (Lipinski definition) is 3. The molecule has 2 aromatic rings. The number of aromatic nitrogens is 2. The van der Waals surface area contributed by atoms with E-state index >= 15 is 0 Å². The molecule has 0 spiro atoms. The van der Waals surface area contributed by atoms with Crippen LogP contribution in [0.1, 0.15) is 18.2 Å². The Labute approximate surface area is 109 Å². The van der Waals surface area contributed by atoms with E-state index in [0.29, 0.717) is 5.82 Å². The third-order valence-corrected chi connectivity index (χ3v) is 3.09. The summed E-state index contributed by atoms with van der Waals surface area (Å²) < 4.78 is 1.03. The summed E-state index contributed by atoms with van der Waals surface area (Å²) >= 11 is 3.40. The number of halogens is 1. The van der Waals surface area contributed by atoms with Crippen LogP contribution in [0, 0.1) is 0 Å². The summed E-state index contributed by atoms with van der Waals surface area (Å²) in [5.41, 5.74) is 2.68. The number of rotatable bonds is 3. The lowest BCUT2D eigenvalue weighted by Gasteiger charge is -2.06. The zero-order valence-electron chi connectivity index (χ0n) is 9.52. The van der Waals surface area contributed by atoms with Crippen molar-refractivity contribution < 1.29 is 5.11 Å². The van der Waals surface area contributed by atoms with Crippen molar-refractivity contribution in [1.82, 2.24) is 9.97 Å². The molecule has 1 heterocycles. The summed E-state index contributed by atoms with van der Waals surface area (Å²) in [6, 6.07) is 7.86. The predicted octanol–water partition coefficient (Wildman–Crippen LogP) is 2.96. The summed E-state index contributed by atoms with van der Waals surface area (Å²) in [6.07, 6.45) is 2.49. The number of benzene rings is 1. The molecule has 0 unspecified atom stereocenters. The van der Waals surface area contributed by atoms with E-state index in [0.717, 1.165) is 27.7 Å². The Balaban J connectivity index is 2.42. The highest BCUT2D eigenvalue weighted by Crippen LogP contribution is 2.19. The van der Waals surface area contributed by atoms with Gasteiger partial charge in [0.15, 0.2) is 5.82 Å². The van der Waals surface area contributed by atoms with Crippen LogP contribution in [-0.2, 0) is 13.0 Å². The number of nitrogens with zero attached hydrogens (tertiary/aromatic N) is 2. The number of aryl methyl sites for hydroxylation is 1. The Bertz CT molecular complexity index is 511. The van der Waals surface area contributed by atoms with Crippen LogP contribution in [-0.4, -0.2) is 15.1 Å². The molecule has 88 valence electrons. The highest BCUT2D eigenvalue weighted by molar-refractivity contribution is 9.10. The molecule has 0 radical (unpaired) electrons. The second kappa shape index (κ2) is 5.38. The van der Waals surface area contributed by atoms with Gasteiger partial charge in [-0.3, -0.25) is 0 Å². The Hall–Kier alpha value is -1.26. The van der Waals surface area contributed by atoms with Gasteiger partial charge < -0.3 is 5.11 Å². The van der Waals surface area contributed by atoms with Crippen molar-refractivity contribution in [2.24, 2.45) is 0 Å².